The van der Waals surface area contributed by atoms with Gasteiger partial charge in [-0.3, -0.25) is 0 Å². The van der Waals surface area contributed by atoms with Crippen LogP contribution >= 0.6 is 22.9 Å². The fourth-order valence-corrected chi connectivity index (χ4v) is 3.66. The molecule has 0 unspecified atom stereocenters. The zero-order valence-corrected chi connectivity index (χ0v) is 16.1. The topological polar surface area (TPSA) is 71.5 Å². The molecule has 0 saturated carbocycles. The molecular formula is C20H15ClNO4S-. The van der Waals surface area contributed by atoms with Gasteiger partial charge in [0, 0.05) is 5.56 Å². The number of rotatable bonds is 6. The Morgan fingerprint density at radius 3 is 2.52 bits per heavy atom. The largest absolute Gasteiger partial charge is 0.544 e. The van der Waals surface area contributed by atoms with E-state index < -0.39 is 5.97 Å². The van der Waals surface area contributed by atoms with Crippen molar-refractivity contribution in [2.75, 3.05) is 14.2 Å². The summed E-state index contributed by atoms with van der Waals surface area (Å²) in [7, 11) is 3.04. The Morgan fingerprint density at radius 1 is 1.15 bits per heavy atom. The Labute approximate surface area is 165 Å². The van der Waals surface area contributed by atoms with Gasteiger partial charge in [-0.1, -0.05) is 48.0 Å². The summed E-state index contributed by atoms with van der Waals surface area (Å²) in [5.74, 6) is -0.291. The average Bonchev–Trinajstić information content (AvgIpc) is 3.11. The monoisotopic (exact) mass is 400 g/mol. The third-order valence-electron chi connectivity index (χ3n) is 3.75. The van der Waals surface area contributed by atoms with E-state index in [4.69, 9.17) is 21.1 Å². The van der Waals surface area contributed by atoms with Gasteiger partial charge >= 0.3 is 0 Å². The molecule has 138 valence electrons. The van der Waals surface area contributed by atoms with E-state index >= 15 is 0 Å². The second-order valence-electron chi connectivity index (χ2n) is 5.45. The van der Waals surface area contributed by atoms with Crippen LogP contribution in [-0.2, 0) is 0 Å². The number of halogens is 1. The molecule has 0 spiro atoms. The minimum absolute atomic E-state index is 0.0891. The SMILES string of the molecule is COc1cc(/C=C/c2nc(-c3ccccc3)c(C(=O)[O-])s2)cc(Cl)c1OC. The highest BCUT2D eigenvalue weighted by molar-refractivity contribution is 7.14. The van der Waals surface area contributed by atoms with Crippen LogP contribution in [0.15, 0.2) is 42.5 Å². The number of aromatic carboxylic acids is 1. The lowest BCUT2D eigenvalue weighted by Crippen LogP contribution is -2.21. The molecule has 0 bridgehead atoms. The van der Waals surface area contributed by atoms with Gasteiger partial charge in [-0.05, 0) is 23.8 Å². The van der Waals surface area contributed by atoms with E-state index in [1.54, 1.807) is 24.3 Å². The zero-order valence-electron chi connectivity index (χ0n) is 14.6. The highest BCUT2D eigenvalue weighted by Crippen LogP contribution is 2.36. The molecule has 0 aliphatic heterocycles. The van der Waals surface area contributed by atoms with Gasteiger partial charge in [-0.15, -0.1) is 11.3 Å². The number of carbonyl (C=O) groups excluding carboxylic acids is 1. The summed E-state index contributed by atoms with van der Waals surface area (Å²) in [4.78, 5) is 16.0. The van der Waals surface area contributed by atoms with Gasteiger partial charge in [0.05, 0.1) is 35.8 Å². The summed E-state index contributed by atoms with van der Waals surface area (Å²) in [6.45, 7) is 0. The first-order valence-electron chi connectivity index (χ1n) is 7.90. The number of hydrogen-bond acceptors (Lipinski definition) is 6. The Bertz CT molecular complexity index is 999. The molecule has 0 radical (unpaired) electrons. The number of thiazole rings is 1. The van der Waals surface area contributed by atoms with Crippen molar-refractivity contribution in [2.24, 2.45) is 0 Å². The molecule has 3 aromatic rings. The lowest BCUT2D eigenvalue weighted by Gasteiger charge is -2.10. The molecule has 5 nitrogen and oxygen atoms in total. The standard InChI is InChI=1S/C20H16ClNO4S/c1-25-15-11-12(10-14(21)18(15)26-2)8-9-16-22-17(19(27-16)20(23)24)13-6-4-3-5-7-13/h3-11H,1-2H3,(H,23,24)/p-1/b9-8+. The van der Waals surface area contributed by atoms with Crippen LogP contribution in [0.2, 0.25) is 5.02 Å². The van der Waals surface area contributed by atoms with Gasteiger partial charge in [0.25, 0.3) is 0 Å². The third kappa shape index (κ3) is 4.13. The van der Waals surface area contributed by atoms with Crippen LogP contribution in [0.4, 0.5) is 0 Å². The normalized spacial score (nSPS) is 10.9. The first-order valence-corrected chi connectivity index (χ1v) is 9.10. The molecule has 0 aliphatic rings. The highest BCUT2D eigenvalue weighted by Gasteiger charge is 2.13. The molecule has 0 fully saturated rings. The van der Waals surface area contributed by atoms with Crippen LogP contribution < -0.4 is 14.6 Å². The van der Waals surface area contributed by atoms with Gasteiger partial charge in [0.15, 0.2) is 11.5 Å². The van der Waals surface area contributed by atoms with Crippen LogP contribution in [0.25, 0.3) is 23.4 Å². The maximum absolute atomic E-state index is 11.5. The van der Waals surface area contributed by atoms with Crippen molar-refractivity contribution in [3.05, 3.63) is 62.9 Å². The van der Waals surface area contributed by atoms with Crippen molar-refractivity contribution in [1.82, 2.24) is 4.98 Å². The number of ether oxygens (including phenoxy) is 2. The first-order chi connectivity index (χ1) is 13.0. The molecule has 0 saturated heterocycles. The highest BCUT2D eigenvalue weighted by atomic mass is 35.5. The second kappa shape index (κ2) is 8.24. The summed E-state index contributed by atoms with van der Waals surface area (Å²) in [6.07, 6.45) is 3.50. The van der Waals surface area contributed by atoms with Gasteiger partial charge in [0.1, 0.15) is 5.01 Å². The molecule has 3 rings (SSSR count). The maximum atomic E-state index is 11.5. The molecule has 27 heavy (non-hydrogen) atoms. The number of carbonyl (C=O) groups is 1. The van der Waals surface area contributed by atoms with Gasteiger partial charge in [-0.2, -0.15) is 0 Å². The van der Waals surface area contributed by atoms with E-state index in [0.717, 1.165) is 22.5 Å². The number of benzene rings is 2. The van der Waals surface area contributed by atoms with Gasteiger partial charge in [0.2, 0.25) is 0 Å². The van der Waals surface area contributed by atoms with Crippen molar-refractivity contribution in [3.63, 3.8) is 0 Å². The summed E-state index contributed by atoms with van der Waals surface area (Å²) >= 11 is 7.26. The lowest BCUT2D eigenvalue weighted by molar-refractivity contribution is -0.254. The fourth-order valence-electron chi connectivity index (χ4n) is 2.54. The molecular weight excluding hydrogens is 386 g/mol. The van der Waals surface area contributed by atoms with E-state index in [1.165, 1.54) is 14.2 Å². The zero-order chi connectivity index (χ0) is 19.4. The minimum Gasteiger partial charge on any atom is -0.544 e. The quantitative estimate of drug-likeness (QED) is 0.625. The molecule has 0 amide bonds. The van der Waals surface area contributed by atoms with E-state index in [-0.39, 0.29) is 4.88 Å². The number of carboxylic acids is 1. The second-order valence-corrected chi connectivity index (χ2v) is 6.89. The predicted octanol–water partition coefficient (Wildman–Crippen LogP) is 4.01. The minimum atomic E-state index is -1.25. The number of nitrogens with zero attached hydrogens (tertiary/aromatic N) is 1. The molecule has 1 aromatic heterocycles. The molecule has 0 atom stereocenters. The molecule has 0 N–H and O–H groups in total. The van der Waals surface area contributed by atoms with Crippen LogP contribution in [0.1, 0.15) is 20.2 Å². The smallest absolute Gasteiger partial charge is 0.179 e. The third-order valence-corrected chi connectivity index (χ3v) is 5.03. The van der Waals surface area contributed by atoms with E-state index in [2.05, 4.69) is 4.98 Å². The van der Waals surface area contributed by atoms with E-state index in [9.17, 15) is 9.90 Å². The fraction of sp³-hybridized carbons (Fsp3) is 0.100. The maximum Gasteiger partial charge on any atom is 0.179 e. The molecule has 2 aromatic carbocycles. The van der Waals surface area contributed by atoms with E-state index in [1.807, 2.05) is 30.3 Å². The number of carboxylic acid groups (broad SMARTS) is 1. The molecule has 0 aliphatic carbocycles. The Balaban J connectivity index is 1.97. The lowest BCUT2D eigenvalue weighted by atomic mass is 10.1. The number of hydrogen-bond donors (Lipinski definition) is 0. The summed E-state index contributed by atoms with van der Waals surface area (Å²) in [5, 5.41) is 12.4. The van der Waals surface area contributed by atoms with Crippen molar-refractivity contribution in [2.45, 2.75) is 0 Å². The van der Waals surface area contributed by atoms with Crippen molar-refractivity contribution >= 4 is 41.1 Å². The van der Waals surface area contributed by atoms with Crippen LogP contribution in [-0.4, -0.2) is 25.2 Å². The van der Waals surface area contributed by atoms with Gasteiger partial charge in [-0.25, -0.2) is 4.98 Å². The molecule has 1 heterocycles. The summed E-state index contributed by atoms with van der Waals surface area (Å²) < 4.78 is 10.5. The van der Waals surface area contributed by atoms with Crippen molar-refractivity contribution < 1.29 is 19.4 Å². The van der Waals surface area contributed by atoms with Crippen molar-refractivity contribution in [1.29, 1.82) is 0 Å². The van der Waals surface area contributed by atoms with Crippen LogP contribution in [0.5, 0.6) is 11.5 Å². The number of aromatic nitrogens is 1. The van der Waals surface area contributed by atoms with Gasteiger partial charge < -0.3 is 19.4 Å². The Morgan fingerprint density at radius 2 is 1.89 bits per heavy atom. The number of methoxy groups -OCH3 is 2. The molecule has 7 heteroatoms. The van der Waals surface area contributed by atoms with Crippen LogP contribution in [0, 0.1) is 0 Å². The Hall–Kier alpha value is -2.83. The average molecular weight is 401 g/mol. The summed E-state index contributed by atoms with van der Waals surface area (Å²) in [6, 6.07) is 12.6. The van der Waals surface area contributed by atoms with Crippen molar-refractivity contribution in [3.8, 4) is 22.8 Å². The van der Waals surface area contributed by atoms with E-state index in [0.29, 0.717) is 27.2 Å². The van der Waals surface area contributed by atoms with Crippen LogP contribution in [0.3, 0.4) is 0 Å². The summed E-state index contributed by atoms with van der Waals surface area (Å²) in [5.41, 5.74) is 1.89. The first kappa shape index (κ1) is 18.9. The Kier molecular flexibility index (Phi) is 5.78. The predicted molar refractivity (Wildman–Crippen MR) is 105 cm³/mol.